The second-order valence-corrected chi connectivity index (χ2v) is 6.80. The molecule has 0 saturated carbocycles. The summed E-state index contributed by atoms with van der Waals surface area (Å²) in [5.74, 6) is -1.02. The van der Waals surface area contributed by atoms with Crippen molar-refractivity contribution in [2.24, 2.45) is 0 Å². The maximum absolute atomic E-state index is 13.4. The second kappa shape index (κ2) is 8.12. The number of halogens is 4. The number of aromatic nitrogens is 2. The van der Waals surface area contributed by atoms with Crippen LogP contribution in [0.3, 0.4) is 0 Å². The van der Waals surface area contributed by atoms with Crippen LogP contribution in [0.4, 0.5) is 28.0 Å². The highest BCUT2D eigenvalue weighted by atomic mass is 19.4. The van der Waals surface area contributed by atoms with Gasteiger partial charge >= 0.3 is 12.2 Å². The summed E-state index contributed by atoms with van der Waals surface area (Å²) in [4.78, 5) is 21.6. The summed E-state index contributed by atoms with van der Waals surface area (Å²) in [6, 6.07) is 2.91. The van der Waals surface area contributed by atoms with E-state index in [1.54, 1.807) is 4.90 Å². The average molecular weight is 396 g/mol. The van der Waals surface area contributed by atoms with Gasteiger partial charge in [-0.1, -0.05) is 12.8 Å². The molecule has 1 fully saturated rings. The van der Waals surface area contributed by atoms with E-state index < -0.39 is 17.6 Å². The largest absolute Gasteiger partial charge is 0.417 e. The van der Waals surface area contributed by atoms with Crippen LogP contribution < -0.4 is 5.32 Å². The van der Waals surface area contributed by atoms with Gasteiger partial charge in [0.2, 0.25) is 0 Å². The zero-order valence-electron chi connectivity index (χ0n) is 15.3. The third-order valence-corrected chi connectivity index (χ3v) is 4.75. The summed E-state index contributed by atoms with van der Waals surface area (Å²) < 4.78 is 53.2. The van der Waals surface area contributed by atoms with Gasteiger partial charge in [-0.3, -0.25) is 0 Å². The first-order valence-electron chi connectivity index (χ1n) is 9.02. The summed E-state index contributed by atoms with van der Waals surface area (Å²) in [5.41, 5.74) is -1.09. The number of nitrogens with zero attached hydrogens (tertiary/aromatic N) is 3. The Kier molecular flexibility index (Phi) is 5.81. The third-order valence-electron chi connectivity index (χ3n) is 4.75. The Morgan fingerprint density at radius 3 is 2.57 bits per heavy atom. The molecule has 0 unspecified atom stereocenters. The molecule has 150 valence electrons. The molecule has 1 saturated heterocycles. The van der Waals surface area contributed by atoms with Gasteiger partial charge in [-0.25, -0.2) is 19.2 Å². The molecule has 2 aromatic rings. The molecule has 28 heavy (non-hydrogen) atoms. The fourth-order valence-corrected chi connectivity index (χ4v) is 3.28. The number of likely N-dealkylation sites (tertiary alicyclic amines) is 1. The first-order chi connectivity index (χ1) is 13.3. The Morgan fingerprint density at radius 1 is 1.18 bits per heavy atom. The van der Waals surface area contributed by atoms with Gasteiger partial charge in [-0.05, 0) is 38.0 Å². The zero-order chi connectivity index (χ0) is 20.3. The fourth-order valence-electron chi connectivity index (χ4n) is 3.28. The summed E-state index contributed by atoms with van der Waals surface area (Å²) in [6.07, 6.45) is 0.806. The summed E-state index contributed by atoms with van der Waals surface area (Å²) in [7, 11) is 0. The van der Waals surface area contributed by atoms with Crippen LogP contribution in [0.5, 0.6) is 0 Å². The van der Waals surface area contributed by atoms with Gasteiger partial charge in [0.05, 0.1) is 18.0 Å². The maximum atomic E-state index is 13.4. The standard InChI is InChI=1S/C19H20F4N4O/c1-12-5-3-2-4-8-27(12)18(28)26-14-6-7-16(19(21,22)23)15(9-14)17-24-10-13(20)11-25-17/h6-7,9-12H,2-5,8H2,1H3,(H,26,28)/t12-/m1/s1. The normalized spacial score (nSPS) is 17.9. The van der Waals surface area contributed by atoms with Crippen LogP contribution in [-0.4, -0.2) is 33.5 Å². The molecule has 1 aromatic carbocycles. The maximum Gasteiger partial charge on any atom is 0.417 e. The number of nitrogens with one attached hydrogen (secondary N) is 1. The Balaban J connectivity index is 1.91. The number of amides is 2. The molecular weight excluding hydrogens is 376 g/mol. The highest BCUT2D eigenvalue weighted by Crippen LogP contribution is 2.37. The van der Waals surface area contributed by atoms with Gasteiger partial charge in [0.15, 0.2) is 11.6 Å². The van der Waals surface area contributed by atoms with E-state index in [-0.39, 0.29) is 29.1 Å². The van der Waals surface area contributed by atoms with Crippen LogP contribution in [0.2, 0.25) is 0 Å². The van der Waals surface area contributed by atoms with Crippen molar-refractivity contribution >= 4 is 11.7 Å². The lowest BCUT2D eigenvalue weighted by atomic mass is 10.1. The van der Waals surface area contributed by atoms with Crippen LogP contribution >= 0.6 is 0 Å². The number of hydrogen-bond donors (Lipinski definition) is 1. The van der Waals surface area contributed by atoms with Crippen LogP contribution in [0.25, 0.3) is 11.4 Å². The van der Waals surface area contributed by atoms with Crippen molar-refractivity contribution in [2.45, 2.75) is 44.8 Å². The van der Waals surface area contributed by atoms with Gasteiger partial charge in [-0.15, -0.1) is 0 Å². The molecule has 1 aromatic heterocycles. The number of anilines is 1. The van der Waals surface area contributed by atoms with Crippen LogP contribution in [0.15, 0.2) is 30.6 Å². The van der Waals surface area contributed by atoms with Crippen molar-refractivity contribution in [2.75, 3.05) is 11.9 Å². The van der Waals surface area contributed by atoms with E-state index in [0.29, 0.717) is 6.54 Å². The molecule has 2 heterocycles. The highest BCUT2D eigenvalue weighted by Gasteiger charge is 2.34. The number of rotatable bonds is 2. The average Bonchev–Trinajstić information content (AvgIpc) is 2.86. The van der Waals surface area contributed by atoms with Gasteiger partial charge in [0.25, 0.3) is 0 Å². The lowest BCUT2D eigenvalue weighted by molar-refractivity contribution is -0.137. The predicted molar refractivity (Wildman–Crippen MR) is 96.1 cm³/mol. The molecule has 0 aliphatic carbocycles. The Morgan fingerprint density at radius 2 is 1.89 bits per heavy atom. The number of benzene rings is 1. The second-order valence-electron chi connectivity index (χ2n) is 6.80. The lowest BCUT2D eigenvalue weighted by Gasteiger charge is -2.27. The molecule has 0 spiro atoms. The lowest BCUT2D eigenvalue weighted by Crippen LogP contribution is -2.41. The first-order valence-corrected chi connectivity index (χ1v) is 9.02. The number of carbonyl (C=O) groups excluding carboxylic acids is 1. The van der Waals surface area contributed by atoms with Gasteiger partial charge in [0.1, 0.15) is 0 Å². The Hall–Kier alpha value is -2.71. The van der Waals surface area contributed by atoms with E-state index in [1.807, 2.05) is 6.92 Å². The van der Waals surface area contributed by atoms with Crippen LogP contribution in [0.1, 0.15) is 38.2 Å². The molecule has 9 heteroatoms. The van der Waals surface area contributed by atoms with Gasteiger partial charge < -0.3 is 10.2 Å². The molecular formula is C19H20F4N4O. The van der Waals surface area contributed by atoms with Crippen molar-refractivity contribution < 1.29 is 22.4 Å². The van der Waals surface area contributed by atoms with Crippen molar-refractivity contribution in [3.8, 4) is 11.4 Å². The topological polar surface area (TPSA) is 58.1 Å². The first kappa shape index (κ1) is 20.0. The molecule has 1 atom stereocenters. The molecule has 3 rings (SSSR count). The van der Waals surface area contributed by atoms with E-state index in [4.69, 9.17) is 0 Å². The van der Waals surface area contributed by atoms with Crippen LogP contribution in [-0.2, 0) is 6.18 Å². The van der Waals surface area contributed by atoms with E-state index in [1.165, 1.54) is 6.07 Å². The minimum atomic E-state index is -4.64. The minimum absolute atomic E-state index is 0.0526. The predicted octanol–water partition coefficient (Wildman–Crippen LogP) is 5.10. The van der Waals surface area contributed by atoms with Crippen molar-refractivity contribution in [1.82, 2.24) is 14.9 Å². The number of urea groups is 1. The zero-order valence-corrected chi connectivity index (χ0v) is 15.3. The Labute approximate surface area is 159 Å². The molecule has 1 N–H and O–H groups in total. The fraction of sp³-hybridized carbons (Fsp3) is 0.421. The smallest absolute Gasteiger partial charge is 0.322 e. The van der Waals surface area contributed by atoms with E-state index in [0.717, 1.165) is 50.2 Å². The quantitative estimate of drug-likeness (QED) is 0.719. The third kappa shape index (κ3) is 4.58. The SMILES string of the molecule is C[C@@H]1CCCCCN1C(=O)Nc1ccc(C(F)(F)F)c(-c2ncc(F)cn2)c1. The van der Waals surface area contributed by atoms with Crippen molar-refractivity contribution in [3.63, 3.8) is 0 Å². The molecule has 0 bridgehead atoms. The molecule has 5 nitrogen and oxygen atoms in total. The summed E-state index contributed by atoms with van der Waals surface area (Å²) >= 11 is 0. The molecule has 0 radical (unpaired) electrons. The summed E-state index contributed by atoms with van der Waals surface area (Å²) in [5, 5.41) is 2.66. The van der Waals surface area contributed by atoms with Crippen LogP contribution in [0, 0.1) is 5.82 Å². The van der Waals surface area contributed by atoms with Gasteiger partial charge in [-0.2, -0.15) is 13.2 Å². The number of hydrogen-bond acceptors (Lipinski definition) is 3. The van der Waals surface area contributed by atoms with Gasteiger partial charge in [0, 0.05) is 23.8 Å². The van der Waals surface area contributed by atoms with E-state index in [2.05, 4.69) is 15.3 Å². The highest BCUT2D eigenvalue weighted by molar-refractivity contribution is 5.90. The minimum Gasteiger partial charge on any atom is -0.322 e. The molecule has 1 aliphatic rings. The Bertz CT molecular complexity index is 839. The molecule has 2 amide bonds. The van der Waals surface area contributed by atoms with Crippen molar-refractivity contribution in [3.05, 3.63) is 42.0 Å². The monoisotopic (exact) mass is 396 g/mol. The van der Waals surface area contributed by atoms with E-state index in [9.17, 15) is 22.4 Å². The number of alkyl halides is 3. The number of carbonyl (C=O) groups is 1. The summed E-state index contributed by atoms with van der Waals surface area (Å²) in [6.45, 7) is 2.55. The molecule has 1 aliphatic heterocycles. The van der Waals surface area contributed by atoms with E-state index >= 15 is 0 Å². The van der Waals surface area contributed by atoms with Crippen molar-refractivity contribution in [1.29, 1.82) is 0 Å².